The van der Waals surface area contributed by atoms with Crippen LogP contribution in [0.2, 0.25) is 0 Å². The first kappa shape index (κ1) is 12.7. The minimum atomic E-state index is 0.697. The Kier molecular flexibility index (Phi) is 3.07. The van der Waals surface area contributed by atoms with Crippen LogP contribution in [0.3, 0.4) is 0 Å². The predicted octanol–water partition coefficient (Wildman–Crippen LogP) is 0.736. The maximum Gasteiger partial charge on any atom is 0.230 e. The van der Waals surface area contributed by atoms with Crippen LogP contribution in [0.5, 0.6) is 0 Å². The van der Waals surface area contributed by atoms with E-state index in [0.29, 0.717) is 17.7 Å². The van der Waals surface area contributed by atoms with Crippen molar-refractivity contribution in [3.8, 4) is 0 Å². The van der Waals surface area contributed by atoms with Crippen molar-refractivity contribution in [2.45, 2.75) is 13.5 Å². The van der Waals surface area contributed by atoms with Crippen LogP contribution in [0.15, 0.2) is 23.2 Å². The van der Waals surface area contributed by atoms with E-state index in [1.54, 1.807) is 6.33 Å². The summed E-state index contributed by atoms with van der Waals surface area (Å²) in [5, 5.41) is 7.69. The first-order valence-corrected chi connectivity index (χ1v) is 7.29. The van der Waals surface area contributed by atoms with E-state index in [9.17, 15) is 0 Å². The summed E-state index contributed by atoms with van der Waals surface area (Å²) in [6.45, 7) is 7.10. The third-order valence-electron chi connectivity index (χ3n) is 4.44. The molecule has 2 aromatic rings. The van der Waals surface area contributed by atoms with Gasteiger partial charge in [0.25, 0.3) is 0 Å². The second-order valence-corrected chi connectivity index (χ2v) is 5.97. The number of rotatable bonds is 3. The summed E-state index contributed by atoms with van der Waals surface area (Å²) >= 11 is 0. The Morgan fingerprint density at radius 2 is 2.00 bits per heavy atom. The molecule has 7 heteroatoms. The molecule has 0 spiro atoms. The number of likely N-dealkylation sites (tertiary alicyclic amines) is 1. The molecular weight excluding hydrogens is 268 g/mol. The van der Waals surface area contributed by atoms with E-state index in [0.717, 1.165) is 44.2 Å². The van der Waals surface area contributed by atoms with Gasteiger partial charge in [-0.3, -0.25) is 4.90 Å². The van der Waals surface area contributed by atoms with Crippen LogP contribution in [-0.4, -0.2) is 51.2 Å². The number of hydrogen-bond donors (Lipinski definition) is 0. The van der Waals surface area contributed by atoms with E-state index >= 15 is 0 Å². The number of aryl methyl sites for hydroxylation is 1. The van der Waals surface area contributed by atoms with Crippen molar-refractivity contribution >= 4 is 5.82 Å². The lowest BCUT2D eigenvalue weighted by atomic mass is 10.0. The summed E-state index contributed by atoms with van der Waals surface area (Å²) in [7, 11) is 0. The number of hydrogen-bond acceptors (Lipinski definition) is 7. The van der Waals surface area contributed by atoms with Crippen molar-refractivity contribution in [2.75, 3.05) is 31.1 Å². The van der Waals surface area contributed by atoms with E-state index in [2.05, 4.69) is 36.0 Å². The quantitative estimate of drug-likeness (QED) is 0.824. The molecule has 4 heterocycles. The van der Waals surface area contributed by atoms with Gasteiger partial charge in [-0.05, 0) is 18.8 Å². The molecule has 2 aromatic heterocycles. The fourth-order valence-electron chi connectivity index (χ4n) is 3.48. The standard InChI is InChI=1S/C14H18N6O/c1-10-2-13(16-8-15-10)20-5-11-3-19(4-12(11)6-20)7-14-18-17-9-21-14/h2,8-9,11-12H,3-7H2,1H3. The molecule has 110 valence electrons. The molecule has 2 fully saturated rings. The smallest absolute Gasteiger partial charge is 0.230 e. The first-order chi connectivity index (χ1) is 10.3. The molecule has 2 aliphatic rings. The molecule has 0 radical (unpaired) electrons. The van der Waals surface area contributed by atoms with Gasteiger partial charge in [0.2, 0.25) is 12.3 Å². The summed E-state index contributed by atoms with van der Waals surface area (Å²) in [6, 6.07) is 2.07. The second-order valence-electron chi connectivity index (χ2n) is 5.97. The van der Waals surface area contributed by atoms with Crippen LogP contribution in [0.1, 0.15) is 11.6 Å². The fourth-order valence-corrected chi connectivity index (χ4v) is 3.48. The Labute approximate surface area is 123 Å². The van der Waals surface area contributed by atoms with Crippen LogP contribution in [0, 0.1) is 18.8 Å². The first-order valence-electron chi connectivity index (χ1n) is 7.29. The van der Waals surface area contributed by atoms with Gasteiger partial charge in [-0.15, -0.1) is 10.2 Å². The third kappa shape index (κ3) is 2.49. The average molecular weight is 286 g/mol. The zero-order valence-corrected chi connectivity index (χ0v) is 12.0. The van der Waals surface area contributed by atoms with E-state index in [1.165, 1.54) is 6.39 Å². The van der Waals surface area contributed by atoms with Crippen LogP contribution in [0.4, 0.5) is 5.82 Å². The Morgan fingerprint density at radius 3 is 2.67 bits per heavy atom. The number of aromatic nitrogens is 4. The highest BCUT2D eigenvalue weighted by Crippen LogP contribution is 2.33. The minimum Gasteiger partial charge on any atom is -0.427 e. The molecular formula is C14H18N6O. The van der Waals surface area contributed by atoms with Crippen molar-refractivity contribution in [3.63, 3.8) is 0 Å². The van der Waals surface area contributed by atoms with Crippen LogP contribution in [-0.2, 0) is 6.54 Å². The van der Waals surface area contributed by atoms with Gasteiger partial charge in [-0.2, -0.15) is 0 Å². The average Bonchev–Trinajstić information content (AvgIpc) is 3.14. The molecule has 2 saturated heterocycles. The predicted molar refractivity (Wildman–Crippen MR) is 75.5 cm³/mol. The molecule has 0 saturated carbocycles. The van der Waals surface area contributed by atoms with Crippen molar-refractivity contribution in [2.24, 2.45) is 11.8 Å². The maximum absolute atomic E-state index is 5.23. The fraction of sp³-hybridized carbons (Fsp3) is 0.571. The minimum absolute atomic E-state index is 0.697. The van der Waals surface area contributed by atoms with Gasteiger partial charge in [-0.1, -0.05) is 0 Å². The Balaban J connectivity index is 1.39. The number of fused-ring (bicyclic) bond motifs is 1. The normalized spacial score (nSPS) is 25.5. The molecule has 0 aromatic carbocycles. The second kappa shape index (κ2) is 5.07. The molecule has 0 aliphatic carbocycles. The number of anilines is 1. The molecule has 0 amide bonds. The van der Waals surface area contributed by atoms with Gasteiger partial charge >= 0.3 is 0 Å². The Bertz CT molecular complexity index is 602. The highest BCUT2D eigenvalue weighted by Gasteiger charge is 2.40. The Hall–Kier alpha value is -2.02. The highest BCUT2D eigenvalue weighted by atomic mass is 16.4. The largest absolute Gasteiger partial charge is 0.427 e. The molecule has 21 heavy (non-hydrogen) atoms. The van der Waals surface area contributed by atoms with Crippen molar-refractivity contribution < 1.29 is 4.42 Å². The third-order valence-corrected chi connectivity index (χ3v) is 4.44. The van der Waals surface area contributed by atoms with Gasteiger partial charge in [0.15, 0.2) is 0 Å². The summed E-state index contributed by atoms with van der Waals surface area (Å²) < 4.78 is 5.23. The maximum atomic E-state index is 5.23. The van der Waals surface area contributed by atoms with E-state index in [-0.39, 0.29) is 0 Å². The summed E-state index contributed by atoms with van der Waals surface area (Å²) in [5.41, 5.74) is 1.02. The van der Waals surface area contributed by atoms with Gasteiger partial charge in [0.05, 0.1) is 6.54 Å². The SMILES string of the molecule is Cc1cc(N2CC3CN(Cc4nnco4)CC3C2)ncn1. The van der Waals surface area contributed by atoms with Gasteiger partial charge in [-0.25, -0.2) is 9.97 Å². The summed E-state index contributed by atoms with van der Waals surface area (Å²) in [5.74, 6) is 3.16. The number of nitrogens with zero attached hydrogens (tertiary/aromatic N) is 6. The lowest BCUT2D eigenvalue weighted by Gasteiger charge is -2.21. The topological polar surface area (TPSA) is 71.2 Å². The van der Waals surface area contributed by atoms with Crippen molar-refractivity contribution in [1.29, 1.82) is 0 Å². The zero-order valence-electron chi connectivity index (χ0n) is 12.0. The molecule has 2 atom stereocenters. The van der Waals surface area contributed by atoms with Crippen molar-refractivity contribution in [1.82, 2.24) is 25.1 Å². The van der Waals surface area contributed by atoms with Crippen LogP contribution < -0.4 is 4.90 Å². The summed E-state index contributed by atoms with van der Waals surface area (Å²) in [4.78, 5) is 13.4. The monoisotopic (exact) mass is 286 g/mol. The zero-order chi connectivity index (χ0) is 14.2. The van der Waals surface area contributed by atoms with E-state index in [1.807, 2.05) is 6.92 Å². The molecule has 2 aliphatic heterocycles. The molecule has 7 nitrogen and oxygen atoms in total. The summed E-state index contributed by atoms with van der Waals surface area (Å²) in [6.07, 6.45) is 3.05. The van der Waals surface area contributed by atoms with E-state index < -0.39 is 0 Å². The Morgan fingerprint density at radius 1 is 1.19 bits per heavy atom. The lowest BCUT2D eigenvalue weighted by molar-refractivity contribution is 0.274. The van der Waals surface area contributed by atoms with Gasteiger partial charge in [0, 0.05) is 37.9 Å². The highest BCUT2D eigenvalue weighted by molar-refractivity contribution is 5.40. The van der Waals surface area contributed by atoms with Crippen LogP contribution >= 0.6 is 0 Å². The van der Waals surface area contributed by atoms with Gasteiger partial charge in [0.1, 0.15) is 12.1 Å². The van der Waals surface area contributed by atoms with Crippen LogP contribution in [0.25, 0.3) is 0 Å². The molecule has 4 rings (SSSR count). The molecule has 0 N–H and O–H groups in total. The lowest BCUT2D eigenvalue weighted by Crippen LogP contribution is -2.29. The van der Waals surface area contributed by atoms with Gasteiger partial charge < -0.3 is 9.32 Å². The molecule has 2 unspecified atom stereocenters. The van der Waals surface area contributed by atoms with E-state index in [4.69, 9.17) is 4.42 Å². The van der Waals surface area contributed by atoms with Crippen molar-refractivity contribution in [3.05, 3.63) is 30.4 Å². The molecule has 0 bridgehead atoms.